The Morgan fingerprint density at radius 1 is 1.05 bits per heavy atom. The first-order valence-corrected chi connectivity index (χ1v) is 8.82. The van der Waals surface area contributed by atoms with Crippen molar-refractivity contribution in [3.63, 3.8) is 0 Å². The Morgan fingerprint density at radius 2 is 1.80 bits per heavy atom. The number of nitrogens with zero attached hydrogens (tertiary/aromatic N) is 1. The highest BCUT2D eigenvalue weighted by molar-refractivity contribution is 4.83. The Balaban J connectivity index is 1.85. The van der Waals surface area contributed by atoms with Crippen LogP contribution in [0.1, 0.15) is 58.3 Å². The summed E-state index contributed by atoms with van der Waals surface area (Å²) >= 11 is 0. The average Bonchev–Trinajstić information content (AvgIpc) is 2.71. The number of ether oxygens (including phenoxy) is 1. The van der Waals surface area contributed by atoms with Gasteiger partial charge in [0.1, 0.15) is 0 Å². The lowest BCUT2D eigenvalue weighted by Crippen LogP contribution is -2.45. The van der Waals surface area contributed by atoms with Crippen LogP contribution < -0.4 is 5.32 Å². The van der Waals surface area contributed by atoms with Crippen molar-refractivity contribution in [3.05, 3.63) is 0 Å². The third kappa shape index (κ3) is 5.01. The van der Waals surface area contributed by atoms with Crippen LogP contribution in [0.3, 0.4) is 0 Å². The summed E-state index contributed by atoms with van der Waals surface area (Å²) in [6.07, 6.45) is 10.8. The summed E-state index contributed by atoms with van der Waals surface area (Å²) in [5.74, 6) is 0.844. The van der Waals surface area contributed by atoms with E-state index in [9.17, 15) is 0 Å². The minimum atomic E-state index is 0.749. The quantitative estimate of drug-likeness (QED) is 0.758. The van der Waals surface area contributed by atoms with E-state index in [1.807, 2.05) is 0 Å². The molecule has 3 nitrogen and oxygen atoms in total. The van der Waals surface area contributed by atoms with Gasteiger partial charge in [0.05, 0.1) is 0 Å². The fourth-order valence-electron chi connectivity index (χ4n) is 3.85. The Morgan fingerprint density at radius 3 is 2.55 bits per heavy atom. The van der Waals surface area contributed by atoms with E-state index in [1.54, 1.807) is 0 Å². The van der Waals surface area contributed by atoms with Crippen molar-refractivity contribution in [2.24, 2.45) is 5.92 Å². The summed E-state index contributed by atoms with van der Waals surface area (Å²) in [6, 6.07) is 1.50. The van der Waals surface area contributed by atoms with E-state index in [-0.39, 0.29) is 0 Å². The van der Waals surface area contributed by atoms with Crippen molar-refractivity contribution in [1.29, 1.82) is 0 Å². The zero-order valence-corrected chi connectivity index (χ0v) is 13.6. The maximum absolute atomic E-state index is 5.50. The van der Waals surface area contributed by atoms with E-state index in [2.05, 4.69) is 24.2 Å². The van der Waals surface area contributed by atoms with Crippen molar-refractivity contribution in [3.8, 4) is 0 Å². The fourth-order valence-corrected chi connectivity index (χ4v) is 3.85. The first-order chi connectivity index (χ1) is 9.81. The Bertz CT molecular complexity index is 253. The smallest absolute Gasteiger partial charge is 0.0480 e. The van der Waals surface area contributed by atoms with E-state index >= 15 is 0 Å². The zero-order valence-electron chi connectivity index (χ0n) is 13.6. The van der Waals surface area contributed by atoms with Crippen LogP contribution in [0.25, 0.3) is 0 Å². The van der Waals surface area contributed by atoms with Crippen LogP contribution in [-0.2, 0) is 4.74 Å². The summed E-state index contributed by atoms with van der Waals surface area (Å²) in [5.41, 5.74) is 0. The molecule has 0 amide bonds. The Hall–Kier alpha value is -0.120. The van der Waals surface area contributed by atoms with Crippen LogP contribution in [0, 0.1) is 5.92 Å². The molecule has 0 aromatic rings. The molecule has 0 bridgehead atoms. The van der Waals surface area contributed by atoms with Crippen molar-refractivity contribution in [1.82, 2.24) is 10.2 Å². The molecule has 0 aromatic heterocycles. The van der Waals surface area contributed by atoms with E-state index in [4.69, 9.17) is 4.74 Å². The highest BCUT2D eigenvalue weighted by Gasteiger charge is 2.27. The first kappa shape index (κ1) is 16.3. The molecule has 1 N–H and O–H groups in total. The van der Waals surface area contributed by atoms with Crippen LogP contribution >= 0.6 is 0 Å². The topological polar surface area (TPSA) is 24.5 Å². The molecule has 0 spiro atoms. The van der Waals surface area contributed by atoms with Gasteiger partial charge in [0.15, 0.2) is 0 Å². The lowest BCUT2D eigenvalue weighted by molar-refractivity contribution is 0.0356. The average molecular weight is 282 g/mol. The van der Waals surface area contributed by atoms with Gasteiger partial charge in [-0.25, -0.2) is 0 Å². The lowest BCUT2D eigenvalue weighted by atomic mass is 9.93. The second-order valence-electron chi connectivity index (χ2n) is 6.74. The van der Waals surface area contributed by atoms with Crippen molar-refractivity contribution >= 4 is 0 Å². The highest BCUT2D eigenvalue weighted by atomic mass is 16.5. The summed E-state index contributed by atoms with van der Waals surface area (Å²) in [7, 11) is 2.33. The van der Waals surface area contributed by atoms with Crippen LogP contribution in [0.5, 0.6) is 0 Å². The molecule has 20 heavy (non-hydrogen) atoms. The Kier molecular flexibility index (Phi) is 7.32. The van der Waals surface area contributed by atoms with Crippen LogP contribution in [0.15, 0.2) is 0 Å². The lowest BCUT2D eigenvalue weighted by Gasteiger charge is -2.36. The van der Waals surface area contributed by atoms with E-state index in [1.165, 1.54) is 64.5 Å². The fraction of sp³-hybridized carbons (Fsp3) is 1.00. The molecule has 0 radical (unpaired) electrons. The number of hydrogen-bond acceptors (Lipinski definition) is 3. The van der Waals surface area contributed by atoms with Crippen LogP contribution in [0.4, 0.5) is 0 Å². The van der Waals surface area contributed by atoms with Gasteiger partial charge in [-0.1, -0.05) is 26.2 Å². The minimum Gasteiger partial charge on any atom is -0.381 e. The van der Waals surface area contributed by atoms with Crippen molar-refractivity contribution < 1.29 is 4.74 Å². The molecule has 1 saturated heterocycles. The van der Waals surface area contributed by atoms with Gasteiger partial charge < -0.3 is 15.0 Å². The monoisotopic (exact) mass is 282 g/mol. The standard InChI is InChI=1S/C17H34N2O/c1-3-11-18-17-8-6-4-5-7-15(17)14-19(2)16-9-12-20-13-10-16/h15-18H,3-14H2,1-2H3. The third-order valence-electron chi connectivity index (χ3n) is 5.15. The molecule has 1 aliphatic heterocycles. The molecule has 0 aromatic carbocycles. The maximum Gasteiger partial charge on any atom is 0.0480 e. The SMILES string of the molecule is CCCNC1CCCCCC1CN(C)C1CCOCC1. The van der Waals surface area contributed by atoms with Gasteiger partial charge in [-0.2, -0.15) is 0 Å². The number of rotatable bonds is 6. The van der Waals surface area contributed by atoms with Crippen molar-refractivity contribution in [2.45, 2.75) is 70.4 Å². The predicted octanol–water partition coefficient (Wildman–Crippen LogP) is 3.05. The van der Waals surface area contributed by atoms with Crippen molar-refractivity contribution in [2.75, 3.05) is 33.4 Å². The summed E-state index contributed by atoms with van der Waals surface area (Å²) < 4.78 is 5.50. The molecule has 2 aliphatic rings. The molecule has 2 atom stereocenters. The predicted molar refractivity (Wildman–Crippen MR) is 85.1 cm³/mol. The van der Waals surface area contributed by atoms with Gasteiger partial charge >= 0.3 is 0 Å². The maximum atomic E-state index is 5.50. The van der Waals surface area contributed by atoms with Gasteiger partial charge in [0.2, 0.25) is 0 Å². The molecule has 118 valence electrons. The minimum absolute atomic E-state index is 0.749. The van der Waals surface area contributed by atoms with E-state index < -0.39 is 0 Å². The van der Waals surface area contributed by atoms with Gasteiger partial charge in [-0.3, -0.25) is 0 Å². The second kappa shape index (κ2) is 9.01. The molecule has 1 aliphatic carbocycles. The van der Waals surface area contributed by atoms with E-state index in [0.29, 0.717) is 0 Å². The first-order valence-electron chi connectivity index (χ1n) is 8.82. The summed E-state index contributed by atoms with van der Waals surface area (Å²) in [4.78, 5) is 2.62. The molecule has 2 fully saturated rings. The van der Waals surface area contributed by atoms with E-state index in [0.717, 1.165) is 31.2 Å². The van der Waals surface area contributed by atoms with Gasteiger partial charge in [0, 0.05) is 31.8 Å². The molecule has 2 rings (SSSR count). The highest BCUT2D eigenvalue weighted by Crippen LogP contribution is 2.26. The summed E-state index contributed by atoms with van der Waals surface area (Å²) in [6.45, 7) is 6.63. The molecule has 2 unspecified atom stereocenters. The molecule has 1 saturated carbocycles. The molecule has 1 heterocycles. The van der Waals surface area contributed by atoms with Gasteiger partial charge in [-0.15, -0.1) is 0 Å². The second-order valence-corrected chi connectivity index (χ2v) is 6.74. The third-order valence-corrected chi connectivity index (χ3v) is 5.15. The molecular formula is C17H34N2O. The number of hydrogen-bond donors (Lipinski definition) is 1. The largest absolute Gasteiger partial charge is 0.381 e. The van der Waals surface area contributed by atoms with Gasteiger partial charge in [0.25, 0.3) is 0 Å². The van der Waals surface area contributed by atoms with Gasteiger partial charge in [-0.05, 0) is 51.6 Å². The van der Waals surface area contributed by atoms with Crippen LogP contribution in [0.2, 0.25) is 0 Å². The van der Waals surface area contributed by atoms with Crippen LogP contribution in [-0.4, -0.2) is 50.3 Å². The number of nitrogens with one attached hydrogen (secondary N) is 1. The summed E-state index contributed by atoms with van der Waals surface area (Å²) in [5, 5.41) is 3.82. The molecule has 3 heteroatoms. The zero-order chi connectivity index (χ0) is 14.2. The Labute approximate surface area is 125 Å². The normalized spacial score (nSPS) is 29.6. The molecular weight excluding hydrogens is 248 g/mol.